The van der Waals surface area contributed by atoms with Gasteiger partial charge in [0.2, 0.25) is 5.91 Å². The Morgan fingerprint density at radius 2 is 1.72 bits per heavy atom. The van der Waals surface area contributed by atoms with Crippen molar-refractivity contribution in [2.24, 2.45) is 0 Å². The normalized spacial score (nSPS) is 15.6. The lowest BCUT2D eigenvalue weighted by molar-refractivity contribution is -0.116. The lowest BCUT2D eigenvalue weighted by Gasteiger charge is -2.36. The van der Waals surface area contributed by atoms with Gasteiger partial charge in [0.25, 0.3) is 0 Å². The van der Waals surface area contributed by atoms with Gasteiger partial charge in [-0.2, -0.15) is 0 Å². The highest BCUT2D eigenvalue weighted by Crippen LogP contribution is 2.17. The number of aliphatic hydroxyl groups excluding tert-OH is 1. The first-order valence-corrected chi connectivity index (χ1v) is 11.5. The molecule has 3 rings (SSSR count). The maximum atomic E-state index is 12.3. The third-order valence-electron chi connectivity index (χ3n) is 5.49. The summed E-state index contributed by atoms with van der Waals surface area (Å²) in [5.41, 5.74) is 2.01. The fraction of sp³-hybridized carbons (Fsp3) is 0.480. The molecular formula is C25H36N4O3. The summed E-state index contributed by atoms with van der Waals surface area (Å²) in [7, 11) is 0. The fourth-order valence-corrected chi connectivity index (χ4v) is 3.61. The van der Waals surface area contributed by atoms with Gasteiger partial charge in [-0.3, -0.25) is 9.69 Å². The lowest BCUT2D eigenvalue weighted by Crippen LogP contribution is -2.47. The van der Waals surface area contributed by atoms with Crippen molar-refractivity contribution in [1.29, 1.82) is 0 Å². The summed E-state index contributed by atoms with van der Waals surface area (Å²) < 4.78 is 5.61. The Morgan fingerprint density at radius 1 is 1.03 bits per heavy atom. The predicted molar refractivity (Wildman–Crippen MR) is 129 cm³/mol. The third-order valence-corrected chi connectivity index (χ3v) is 5.49. The zero-order valence-electron chi connectivity index (χ0n) is 19.2. The van der Waals surface area contributed by atoms with Crippen LogP contribution in [-0.2, 0) is 4.79 Å². The van der Waals surface area contributed by atoms with Gasteiger partial charge in [0.05, 0.1) is 0 Å². The second-order valence-electron chi connectivity index (χ2n) is 8.51. The number of hydrogen-bond acceptors (Lipinski definition) is 6. The zero-order valence-corrected chi connectivity index (χ0v) is 19.2. The van der Waals surface area contributed by atoms with Crippen LogP contribution in [0.5, 0.6) is 5.75 Å². The van der Waals surface area contributed by atoms with Gasteiger partial charge in [0.1, 0.15) is 18.5 Å². The Hall–Kier alpha value is -2.61. The van der Waals surface area contributed by atoms with E-state index in [2.05, 4.69) is 44.7 Å². The molecule has 1 amide bonds. The second-order valence-corrected chi connectivity index (χ2v) is 8.51. The SMILES string of the molecule is CC(C)NCC(O)COc1ccc(NC(=O)CCN2CCN(c3ccccc3)CC2)cc1. The van der Waals surface area contributed by atoms with E-state index in [9.17, 15) is 9.90 Å². The van der Waals surface area contributed by atoms with Crippen LogP contribution < -0.4 is 20.3 Å². The van der Waals surface area contributed by atoms with Crippen molar-refractivity contribution in [3.8, 4) is 5.75 Å². The minimum atomic E-state index is -0.564. The molecule has 3 N–H and O–H groups in total. The summed E-state index contributed by atoms with van der Waals surface area (Å²) in [5.74, 6) is 0.683. The van der Waals surface area contributed by atoms with Crippen LogP contribution in [0, 0.1) is 0 Å². The number of amides is 1. The Morgan fingerprint density at radius 3 is 2.38 bits per heavy atom. The third kappa shape index (κ3) is 8.15. The van der Waals surface area contributed by atoms with E-state index in [0.717, 1.165) is 38.4 Å². The molecule has 0 spiro atoms. The van der Waals surface area contributed by atoms with E-state index in [4.69, 9.17) is 4.74 Å². The molecule has 0 radical (unpaired) electrons. The zero-order chi connectivity index (χ0) is 22.8. The van der Waals surface area contributed by atoms with Crippen molar-refractivity contribution in [2.45, 2.75) is 32.4 Å². The van der Waals surface area contributed by atoms with Crippen molar-refractivity contribution in [2.75, 3.05) is 56.1 Å². The molecule has 1 atom stereocenters. The summed E-state index contributed by atoms with van der Waals surface area (Å²) in [6.45, 7) is 9.44. The standard InChI is InChI=1S/C25H36N4O3/c1-20(2)26-18-23(30)19-32-24-10-8-21(9-11-24)27-25(31)12-13-28-14-16-29(17-15-28)22-6-4-3-5-7-22/h3-11,20,23,26,30H,12-19H2,1-2H3,(H,27,31). The fourth-order valence-electron chi connectivity index (χ4n) is 3.61. The summed E-state index contributed by atoms with van der Waals surface area (Å²) >= 11 is 0. The molecule has 174 valence electrons. The Labute approximate surface area is 191 Å². The maximum absolute atomic E-state index is 12.3. The molecule has 7 heteroatoms. The number of benzene rings is 2. The van der Waals surface area contributed by atoms with Crippen LogP contribution in [0.3, 0.4) is 0 Å². The van der Waals surface area contributed by atoms with Gasteiger partial charge < -0.3 is 25.4 Å². The van der Waals surface area contributed by atoms with Gasteiger partial charge >= 0.3 is 0 Å². The summed E-state index contributed by atoms with van der Waals surface area (Å²) in [4.78, 5) is 17.1. The Bertz CT molecular complexity index is 806. The van der Waals surface area contributed by atoms with Gasteiger partial charge in [-0.25, -0.2) is 0 Å². The lowest BCUT2D eigenvalue weighted by atomic mass is 10.2. The molecule has 1 aliphatic rings. The first-order chi connectivity index (χ1) is 15.5. The van der Waals surface area contributed by atoms with Crippen LogP contribution in [0.4, 0.5) is 11.4 Å². The minimum absolute atomic E-state index is 0.0133. The smallest absolute Gasteiger partial charge is 0.225 e. The van der Waals surface area contributed by atoms with E-state index < -0.39 is 6.10 Å². The van der Waals surface area contributed by atoms with E-state index in [1.54, 1.807) is 12.1 Å². The molecule has 2 aromatic carbocycles. The van der Waals surface area contributed by atoms with E-state index in [1.165, 1.54) is 5.69 Å². The van der Waals surface area contributed by atoms with E-state index in [1.807, 2.05) is 32.0 Å². The summed E-state index contributed by atoms with van der Waals surface area (Å²) in [6, 6.07) is 18.1. The molecule has 0 aliphatic carbocycles. The number of carbonyl (C=O) groups excluding carboxylic acids is 1. The van der Waals surface area contributed by atoms with Crippen LogP contribution in [-0.4, -0.2) is 73.9 Å². The maximum Gasteiger partial charge on any atom is 0.225 e. The average Bonchev–Trinajstić information content (AvgIpc) is 2.82. The van der Waals surface area contributed by atoms with Crippen LogP contribution in [0.25, 0.3) is 0 Å². The van der Waals surface area contributed by atoms with Crippen LogP contribution in [0.15, 0.2) is 54.6 Å². The number of rotatable bonds is 11. The number of aliphatic hydroxyl groups is 1. The van der Waals surface area contributed by atoms with Crippen molar-refractivity contribution in [3.63, 3.8) is 0 Å². The van der Waals surface area contributed by atoms with Crippen molar-refractivity contribution < 1.29 is 14.6 Å². The number of piperazine rings is 1. The number of nitrogens with one attached hydrogen (secondary N) is 2. The minimum Gasteiger partial charge on any atom is -0.491 e. The van der Waals surface area contributed by atoms with E-state index >= 15 is 0 Å². The molecule has 1 unspecified atom stereocenters. The number of hydrogen-bond donors (Lipinski definition) is 3. The largest absolute Gasteiger partial charge is 0.491 e. The first-order valence-electron chi connectivity index (χ1n) is 11.5. The highest BCUT2D eigenvalue weighted by molar-refractivity contribution is 5.90. The van der Waals surface area contributed by atoms with E-state index in [-0.39, 0.29) is 12.5 Å². The topological polar surface area (TPSA) is 77.1 Å². The summed E-state index contributed by atoms with van der Waals surface area (Å²) in [6.07, 6.45) is -0.0927. The molecule has 7 nitrogen and oxygen atoms in total. The predicted octanol–water partition coefficient (Wildman–Crippen LogP) is 2.58. The molecule has 2 aromatic rings. The van der Waals surface area contributed by atoms with Crippen molar-refractivity contribution in [1.82, 2.24) is 10.2 Å². The Balaban J connectivity index is 1.33. The summed E-state index contributed by atoms with van der Waals surface area (Å²) in [5, 5.41) is 16.0. The average molecular weight is 441 g/mol. The van der Waals surface area contributed by atoms with Gasteiger partial charge in [0, 0.05) is 63.1 Å². The van der Waals surface area contributed by atoms with Crippen molar-refractivity contribution >= 4 is 17.3 Å². The quantitative estimate of drug-likeness (QED) is 0.499. The van der Waals surface area contributed by atoms with E-state index in [0.29, 0.717) is 24.8 Å². The highest BCUT2D eigenvalue weighted by Gasteiger charge is 2.17. The van der Waals surface area contributed by atoms with Gasteiger partial charge in [-0.1, -0.05) is 32.0 Å². The number of ether oxygens (including phenoxy) is 1. The molecule has 32 heavy (non-hydrogen) atoms. The number of anilines is 2. The molecule has 0 bridgehead atoms. The molecule has 1 saturated heterocycles. The highest BCUT2D eigenvalue weighted by atomic mass is 16.5. The number of para-hydroxylation sites is 1. The molecule has 0 saturated carbocycles. The van der Waals surface area contributed by atoms with Crippen LogP contribution in [0.1, 0.15) is 20.3 Å². The molecular weight excluding hydrogens is 404 g/mol. The van der Waals surface area contributed by atoms with Crippen molar-refractivity contribution in [3.05, 3.63) is 54.6 Å². The molecule has 1 heterocycles. The number of carbonyl (C=O) groups is 1. The molecule has 1 fully saturated rings. The molecule has 1 aliphatic heterocycles. The van der Waals surface area contributed by atoms with Gasteiger partial charge in [-0.15, -0.1) is 0 Å². The number of nitrogens with zero attached hydrogens (tertiary/aromatic N) is 2. The van der Waals surface area contributed by atoms with Crippen LogP contribution in [0.2, 0.25) is 0 Å². The first kappa shape index (κ1) is 24.0. The van der Waals surface area contributed by atoms with Crippen LogP contribution >= 0.6 is 0 Å². The monoisotopic (exact) mass is 440 g/mol. The second kappa shape index (κ2) is 12.4. The Kier molecular flexibility index (Phi) is 9.34. The van der Waals surface area contributed by atoms with Gasteiger partial charge in [0.15, 0.2) is 0 Å². The molecule has 0 aromatic heterocycles. The van der Waals surface area contributed by atoms with Gasteiger partial charge in [-0.05, 0) is 36.4 Å².